The van der Waals surface area contributed by atoms with Gasteiger partial charge in [-0.05, 0) is 37.8 Å². The first-order chi connectivity index (χ1) is 10.1. The summed E-state index contributed by atoms with van der Waals surface area (Å²) in [5.41, 5.74) is 1.38. The average molecular weight is 300 g/mol. The molecule has 0 saturated carbocycles. The monoisotopic (exact) mass is 300 g/mol. The standard InChI is InChI=1S/C16H20N4S/c1-10-13-7-5-6-8-14(13)21-15(10)11(2)18-12(3)16-19-17-9-20(16)4/h5-9,11-12,18H,1-4H3. The molecule has 110 valence electrons. The molecule has 3 aromatic rings. The van der Waals surface area contributed by atoms with Gasteiger partial charge in [0.1, 0.15) is 12.2 Å². The predicted octanol–water partition coefficient (Wildman–Crippen LogP) is 3.75. The second-order valence-electron chi connectivity index (χ2n) is 5.50. The Bertz CT molecular complexity index is 759. The fraction of sp³-hybridized carbons (Fsp3) is 0.375. The number of aromatic nitrogens is 3. The highest BCUT2D eigenvalue weighted by Crippen LogP contribution is 2.35. The molecule has 0 spiro atoms. The quantitative estimate of drug-likeness (QED) is 0.798. The highest BCUT2D eigenvalue weighted by atomic mass is 32.1. The average Bonchev–Trinajstić information content (AvgIpc) is 3.03. The summed E-state index contributed by atoms with van der Waals surface area (Å²) in [7, 11) is 1.98. The van der Waals surface area contributed by atoms with Crippen molar-refractivity contribution in [2.75, 3.05) is 0 Å². The Morgan fingerprint density at radius 2 is 1.95 bits per heavy atom. The minimum absolute atomic E-state index is 0.164. The van der Waals surface area contributed by atoms with Crippen LogP contribution >= 0.6 is 11.3 Å². The van der Waals surface area contributed by atoms with Crippen LogP contribution in [0.15, 0.2) is 30.6 Å². The molecule has 4 nitrogen and oxygen atoms in total. The fourth-order valence-electron chi connectivity index (χ4n) is 2.82. The first-order valence-corrected chi connectivity index (χ1v) is 7.97. The third-order valence-corrected chi connectivity index (χ3v) is 5.36. The van der Waals surface area contributed by atoms with E-state index in [2.05, 4.69) is 60.6 Å². The summed E-state index contributed by atoms with van der Waals surface area (Å²) in [6, 6.07) is 9.04. The van der Waals surface area contributed by atoms with E-state index in [1.807, 2.05) is 23.0 Å². The Labute approximate surface area is 128 Å². The van der Waals surface area contributed by atoms with Crippen molar-refractivity contribution in [3.05, 3.63) is 46.9 Å². The van der Waals surface area contributed by atoms with Crippen molar-refractivity contribution in [1.29, 1.82) is 0 Å². The summed E-state index contributed by atoms with van der Waals surface area (Å²) < 4.78 is 3.31. The molecule has 3 rings (SSSR count). The lowest BCUT2D eigenvalue weighted by Crippen LogP contribution is -2.24. The van der Waals surface area contributed by atoms with E-state index < -0.39 is 0 Å². The first-order valence-electron chi connectivity index (χ1n) is 7.16. The number of fused-ring (bicyclic) bond motifs is 1. The lowest BCUT2D eigenvalue weighted by molar-refractivity contribution is 0.469. The van der Waals surface area contributed by atoms with Gasteiger partial charge in [-0.1, -0.05) is 18.2 Å². The molecule has 0 fully saturated rings. The SMILES string of the molecule is Cc1c(C(C)NC(C)c2nncn2C)sc2ccccc12. The van der Waals surface area contributed by atoms with E-state index in [0.717, 1.165) is 5.82 Å². The second-order valence-corrected chi connectivity index (χ2v) is 6.58. The van der Waals surface area contributed by atoms with Crippen LogP contribution in [0, 0.1) is 6.92 Å². The van der Waals surface area contributed by atoms with Crippen molar-refractivity contribution in [1.82, 2.24) is 20.1 Å². The number of hydrogen-bond donors (Lipinski definition) is 1. The number of nitrogens with zero attached hydrogens (tertiary/aromatic N) is 3. The lowest BCUT2D eigenvalue weighted by Gasteiger charge is -2.19. The molecular weight excluding hydrogens is 280 g/mol. The zero-order valence-electron chi connectivity index (χ0n) is 12.8. The van der Waals surface area contributed by atoms with Gasteiger partial charge in [-0.15, -0.1) is 21.5 Å². The van der Waals surface area contributed by atoms with E-state index in [9.17, 15) is 0 Å². The van der Waals surface area contributed by atoms with Crippen molar-refractivity contribution in [2.45, 2.75) is 32.9 Å². The fourth-order valence-corrected chi connectivity index (χ4v) is 4.04. The van der Waals surface area contributed by atoms with Gasteiger partial charge in [-0.25, -0.2) is 0 Å². The number of hydrogen-bond acceptors (Lipinski definition) is 4. The van der Waals surface area contributed by atoms with Crippen LogP contribution in [0.3, 0.4) is 0 Å². The molecule has 0 aliphatic heterocycles. The van der Waals surface area contributed by atoms with Crippen LogP contribution in [0.25, 0.3) is 10.1 Å². The van der Waals surface area contributed by atoms with Gasteiger partial charge in [0.15, 0.2) is 0 Å². The smallest absolute Gasteiger partial charge is 0.149 e. The van der Waals surface area contributed by atoms with Gasteiger partial charge < -0.3 is 9.88 Å². The normalized spacial score (nSPS) is 14.5. The zero-order valence-corrected chi connectivity index (χ0v) is 13.6. The van der Waals surface area contributed by atoms with Crippen molar-refractivity contribution < 1.29 is 0 Å². The molecule has 2 aromatic heterocycles. The van der Waals surface area contributed by atoms with Crippen molar-refractivity contribution in [2.24, 2.45) is 7.05 Å². The summed E-state index contributed by atoms with van der Waals surface area (Å²) >= 11 is 1.87. The molecule has 2 unspecified atom stereocenters. The molecule has 0 radical (unpaired) electrons. The highest BCUT2D eigenvalue weighted by Gasteiger charge is 2.18. The molecule has 0 bridgehead atoms. The van der Waals surface area contributed by atoms with Gasteiger partial charge in [0, 0.05) is 22.7 Å². The van der Waals surface area contributed by atoms with Crippen LogP contribution < -0.4 is 5.32 Å². The van der Waals surface area contributed by atoms with E-state index in [-0.39, 0.29) is 12.1 Å². The number of benzene rings is 1. The molecule has 2 atom stereocenters. The predicted molar refractivity (Wildman–Crippen MR) is 87.5 cm³/mol. The molecule has 1 N–H and O–H groups in total. The maximum atomic E-state index is 4.18. The van der Waals surface area contributed by atoms with E-state index in [1.54, 1.807) is 6.33 Å². The molecule has 1 aromatic carbocycles. The van der Waals surface area contributed by atoms with Crippen LogP contribution in [0.2, 0.25) is 0 Å². The number of rotatable bonds is 4. The van der Waals surface area contributed by atoms with Crippen LogP contribution in [-0.4, -0.2) is 14.8 Å². The Hall–Kier alpha value is -1.72. The lowest BCUT2D eigenvalue weighted by atomic mass is 10.1. The summed E-state index contributed by atoms with van der Waals surface area (Å²) in [4.78, 5) is 1.39. The Balaban J connectivity index is 1.85. The van der Waals surface area contributed by atoms with Gasteiger partial charge >= 0.3 is 0 Å². The summed E-state index contributed by atoms with van der Waals surface area (Å²) in [6.07, 6.45) is 1.74. The van der Waals surface area contributed by atoms with Gasteiger partial charge in [0.2, 0.25) is 0 Å². The number of thiophene rings is 1. The Kier molecular flexibility index (Phi) is 3.78. The van der Waals surface area contributed by atoms with Crippen molar-refractivity contribution in [3.63, 3.8) is 0 Å². The van der Waals surface area contributed by atoms with Crippen LogP contribution in [-0.2, 0) is 7.05 Å². The topological polar surface area (TPSA) is 42.7 Å². The van der Waals surface area contributed by atoms with E-state index >= 15 is 0 Å². The van der Waals surface area contributed by atoms with Gasteiger partial charge in [0.25, 0.3) is 0 Å². The van der Waals surface area contributed by atoms with E-state index in [1.165, 1.54) is 20.5 Å². The van der Waals surface area contributed by atoms with Gasteiger partial charge in [0.05, 0.1) is 6.04 Å². The summed E-state index contributed by atoms with van der Waals surface area (Å²) in [5.74, 6) is 0.959. The third-order valence-electron chi connectivity index (χ3n) is 3.91. The molecule has 0 aliphatic carbocycles. The third kappa shape index (κ3) is 2.59. The Morgan fingerprint density at radius 3 is 2.62 bits per heavy atom. The summed E-state index contributed by atoms with van der Waals surface area (Å²) in [5, 5.41) is 13.1. The van der Waals surface area contributed by atoms with Crippen molar-refractivity contribution in [3.8, 4) is 0 Å². The highest BCUT2D eigenvalue weighted by molar-refractivity contribution is 7.19. The molecule has 0 saturated heterocycles. The molecule has 0 amide bonds. The molecular formula is C16H20N4S. The Morgan fingerprint density at radius 1 is 1.19 bits per heavy atom. The van der Waals surface area contributed by atoms with Crippen LogP contribution in [0.5, 0.6) is 0 Å². The maximum Gasteiger partial charge on any atom is 0.149 e. The second kappa shape index (κ2) is 5.58. The number of nitrogens with one attached hydrogen (secondary N) is 1. The number of aryl methyl sites for hydroxylation is 2. The minimum Gasteiger partial charge on any atom is -0.319 e. The van der Waals surface area contributed by atoms with E-state index in [0.29, 0.717) is 0 Å². The molecule has 0 aliphatic rings. The minimum atomic E-state index is 0.164. The molecule has 2 heterocycles. The molecule has 5 heteroatoms. The van der Waals surface area contributed by atoms with Crippen LogP contribution in [0.4, 0.5) is 0 Å². The first kappa shape index (κ1) is 14.2. The van der Waals surface area contributed by atoms with Crippen molar-refractivity contribution >= 4 is 21.4 Å². The van der Waals surface area contributed by atoms with E-state index in [4.69, 9.17) is 0 Å². The zero-order chi connectivity index (χ0) is 15.0. The summed E-state index contributed by atoms with van der Waals surface area (Å²) in [6.45, 7) is 6.55. The van der Waals surface area contributed by atoms with Gasteiger partial charge in [-0.3, -0.25) is 0 Å². The molecule has 21 heavy (non-hydrogen) atoms. The largest absolute Gasteiger partial charge is 0.319 e. The maximum absolute atomic E-state index is 4.18. The van der Waals surface area contributed by atoms with Crippen LogP contribution in [0.1, 0.15) is 42.2 Å². The van der Waals surface area contributed by atoms with Gasteiger partial charge in [-0.2, -0.15) is 0 Å².